The quantitative estimate of drug-likeness (QED) is 0.741. The third-order valence-electron chi connectivity index (χ3n) is 4.28. The molecular formula is C14H30N2O. The van der Waals surface area contributed by atoms with Gasteiger partial charge >= 0.3 is 0 Å². The van der Waals surface area contributed by atoms with E-state index in [4.69, 9.17) is 4.74 Å². The second-order valence-corrected chi connectivity index (χ2v) is 5.28. The molecule has 3 nitrogen and oxygen atoms in total. The van der Waals surface area contributed by atoms with Gasteiger partial charge in [-0.05, 0) is 46.1 Å². The second kappa shape index (κ2) is 8.06. The van der Waals surface area contributed by atoms with E-state index >= 15 is 0 Å². The lowest BCUT2D eigenvalue weighted by molar-refractivity contribution is 0.0668. The molecular weight excluding hydrogens is 212 g/mol. The smallest absolute Gasteiger partial charge is 0.0589 e. The molecule has 0 saturated heterocycles. The van der Waals surface area contributed by atoms with Gasteiger partial charge in [0.2, 0.25) is 0 Å². The summed E-state index contributed by atoms with van der Waals surface area (Å²) in [4.78, 5) is 2.66. The number of hydrogen-bond acceptors (Lipinski definition) is 3. The second-order valence-electron chi connectivity index (χ2n) is 5.28. The van der Waals surface area contributed by atoms with Crippen molar-refractivity contribution in [2.45, 2.75) is 64.1 Å². The molecule has 0 heterocycles. The predicted octanol–water partition coefficient (Wildman–Crippen LogP) is 2.26. The van der Waals surface area contributed by atoms with Crippen molar-refractivity contribution >= 4 is 0 Å². The Kier molecular flexibility index (Phi) is 7.09. The molecule has 1 fully saturated rings. The summed E-state index contributed by atoms with van der Waals surface area (Å²) in [6, 6.07) is 2.19. The largest absolute Gasteiger partial charge is 0.383 e. The van der Waals surface area contributed by atoms with E-state index in [9.17, 15) is 0 Å². The monoisotopic (exact) mass is 242 g/mol. The zero-order chi connectivity index (χ0) is 12.7. The summed E-state index contributed by atoms with van der Waals surface area (Å²) >= 11 is 0. The Morgan fingerprint density at radius 2 is 1.94 bits per heavy atom. The highest BCUT2D eigenvalue weighted by atomic mass is 16.5. The van der Waals surface area contributed by atoms with Crippen molar-refractivity contribution in [2.24, 2.45) is 0 Å². The van der Waals surface area contributed by atoms with E-state index in [2.05, 4.69) is 31.1 Å². The Balaban J connectivity index is 2.46. The van der Waals surface area contributed by atoms with Crippen molar-refractivity contribution in [3.63, 3.8) is 0 Å². The molecule has 1 aliphatic carbocycles. The average Bonchev–Trinajstić information content (AvgIpc) is 2.39. The SMILES string of the molecule is CCC(C)N(CCOC)C1CCC(NC)CC1. The molecule has 1 saturated carbocycles. The van der Waals surface area contributed by atoms with Gasteiger partial charge in [0.05, 0.1) is 6.61 Å². The van der Waals surface area contributed by atoms with Crippen LogP contribution in [0.1, 0.15) is 46.0 Å². The van der Waals surface area contributed by atoms with E-state index in [0.29, 0.717) is 6.04 Å². The van der Waals surface area contributed by atoms with Gasteiger partial charge in [-0.2, -0.15) is 0 Å². The van der Waals surface area contributed by atoms with Crippen molar-refractivity contribution in [2.75, 3.05) is 27.3 Å². The van der Waals surface area contributed by atoms with Crippen molar-refractivity contribution in [3.8, 4) is 0 Å². The molecule has 1 unspecified atom stereocenters. The Labute approximate surface area is 107 Å². The van der Waals surface area contributed by atoms with Crippen LogP contribution in [0.5, 0.6) is 0 Å². The first-order chi connectivity index (χ1) is 8.22. The molecule has 102 valence electrons. The summed E-state index contributed by atoms with van der Waals surface area (Å²) in [5.74, 6) is 0. The summed E-state index contributed by atoms with van der Waals surface area (Å²) in [5.41, 5.74) is 0. The Morgan fingerprint density at radius 1 is 1.29 bits per heavy atom. The summed E-state index contributed by atoms with van der Waals surface area (Å²) in [7, 11) is 3.88. The Hall–Kier alpha value is -0.120. The molecule has 1 atom stereocenters. The van der Waals surface area contributed by atoms with E-state index in [1.54, 1.807) is 7.11 Å². The molecule has 0 aliphatic heterocycles. The molecule has 1 N–H and O–H groups in total. The van der Waals surface area contributed by atoms with Crippen molar-refractivity contribution < 1.29 is 4.74 Å². The highest BCUT2D eigenvalue weighted by Gasteiger charge is 2.27. The highest BCUT2D eigenvalue weighted by molar-refractivity contribution is 4.84. The van der Waals surface area contributed by atoms with Gasteiger partial charge in [0.25, 0.3) is 0 Å². The van der Waals surface area contributed by atoms with Crippen LogP contribution in [0, 0.1) is 0 Å². The maximum absolute atomic E-state index is 5.25. The summed E-state index contributed by atoms with van der Waals surface area (Å²) < 4.78 is 5.25. The normalized spacial score (nSPS) is 27.4. The lowest BCUT2D eigenvalue weighted by Gasteiger charge is -2.40. The first-order valence-corrected chi connectivity index (χ1v) is 7.14. The third-order valence-corrected chi connectivity index (χ3v) is 4.28. The fourth-order valence-electron chi connectivity index (χ4n) is 2.89. The maximum atomic E-state index is 5.25. The van der Waals surface area contributed by atoms with E-state index in [1.807, 2.05) is 0 Å². The Morgan fingerprint density at radius 3 is 2.41 bits per heavy atom. The van der Waals surface area contributed by atoms with Crippen LogP contribution in [0.15, 0.2) is 0 Å². The molecule has 0 amide bonds. The number of rotatable bonds is 7. The maximum Gasteiger partial charge on any atom is 0.0589 e. The predicted molar refractivity (Wildman–Crippen MR) is 73.4 cm³/mol. The molecule has 0 radical (unpaired) electrons. The minimum atomic E-state index is 0.682. The van der Waals surface area contributed by atoms with E-state index in [1.165, 1.54) is 32.1 Å². The van der Waals surface area contributed by atoms with Crippen molar-refractivity contribution in [1.29, 1.82) is 0 Å². The number of ether oxygens (including phenoxy) is 1. The molecule has 1 aliphatic rings. The zero-order valence-corrected chi connectivity index (χ0v) is 12.0. The number of hydrogen-bond donors (Lipinski definition) is 1. The van der Waals surface area contributed by atoms with Gasteiger partial charge in [-0.3, -0.25) is 4.90 Å². The molecule has 17 heavy (non-hydrogen) atoms. The molecule has 0 spiro atoms. The minimum Gasteiger partial charge on any atom is -0.383 e. The first kappa shape index (κ1) is 14.9. The third kappa shape index (κ3) is 4.57. The fraction of sp³-hybridized carbons (Fsp3) is 1.00. The van der Waals surface area contributed by atoms with Crippen LogP contribution >= 0.6 is 0 Å². The lowest BCUT2D eigenvalue weighted by atomic mass is 9.89. The molecule has 0 bridgehead atoms. The van der Waals surface area contributed by atoms with Gasteiger partial charge in [-0.15, -0.1) is 0 Å². The van der Waals surface area contributed by atoms with Crippen LogP contribution in [0.3, 0.4) is 0 Å². The van der Waals surface area contributed by atoms with Gasteiger partial charge in [0.15, 0.2) is 0 Å². The zero-order valence-electron chi connectivity index (χ0n) is 12.0. The number of nitrogens with one attached hydrogen (secondary N) is 1. The first-order valence-electron chi connectivity index (χ1n) is 7.14. The van der Waals surface area contributed by atoms with Crippen LogP contribution in [-0.2, 0) is 4.74 Å². The lowest BCUT2D eigenvalue weighted by Crippen LogP contribution is -2.47. The van der Waals surface area contributed by atoms with Crippen LogP contribution in [-0.4, -0.2) is 50.3 Å². The summed E-state index contributed by atoms with van der Waals surface area (Å²) in [5, 5.41) is 3.41. The molecule has 0 aromatic carbocycles. The van der Waals surface area contributed by atoms with E-state index < -0.39 is 0 Å². The number of methoxy groups -OCH3 is 1. The molecule has 0 aromatic rings. The molecule has 0 aromatic heterocycles. The molecule has 1 rings (SSSR count). The van der Waals surface area contributed by atoms with Gasteiger partial charge in [0.1, 0.15) is 0 Å². The minimum absolute atomic E-state index is 0.682. The van der Waals surface area contributed by atoms with Crippen LogP contribution in [0.2, 0.25) is 0 Å². The average molecular weight is 242 g/mol. The van der Waals surface area contributed by atoms with Gasteiger partial charge in [-0.25, -0.2) is 0 Å². The van der Waals surface area contributed by atoms with E-state index in [0.717, 1.165) is 25.2 Å². The van der Waals surface area contributed by atoms with Crippen LogP contribution < -0.4 is 5.32 Å². The Bertz CT molecular complexity index is 191. The summed E-state index contributed by atoms with van der Waals surface area (Å²) in [6.45, 7) is 6.57. The van der Waals surface area contributed by atoms with Crippen molar-refractivity contribution in [3.05, 3.63) is 0 Å². The van der Waals surface area contributed by atoms with Gasteiger partial charge in [0, 0.05) is 31.8 Å². The van der Waals surface area contributed by atoms with Crippen molar-refractivity contribution in [1.82, 2.24) is 10.2 Å². The van der Waals surface area contributed by atoms with Gasteiger partial charge < -0.3 is 10.1 Å². The standard InChI is InChI=1S/C14H30N2O/c1-5-12(2)16(10-11-17-4)14-8-6-13(15-3)7-9-14/h12-15H,5-11H2,1-4H3. The number of nitrogens with zero attached hydrogens (tertiary/aromatic N) is 1. The summed E-state index contributed by atoms with van der Waals surface area (Å²) in [6.07, 6.45) is 6.54. The van der Waals surface area contributed by atoms with Gasteiger partial charge in [-0.1, -0.05) is 6.92 Å². The van der Waals surface area contributed by atoms with Crippen LogP contribution in [0.4, 0.5) is 0 Å². The molecule has 3 heteroatoms. The topological polar surface area (TPSA) is 24.5 Å². The van der Waals surface area contributed by atoms with Crippen LogP contribution in [0.25, 0.3) is 0 Å². The fourth-order valence-corrected chi connectivity index (χ4v) is 2.89. The highest BCUT2D eigenvalue weighted by Crippen LogP contribution is 2.25. The van der Waals surface area contributed by atoms with E-state index in [-0.39, 0.29) is 0 Å².